The fourth-order valence-electron chi connectivity index (χ4n) is 1.82. The number of pyridine rings is 1. The minimum absolute atomic E-state index is 0.268. The molecule has 0 aliphatic rings. The SMILES string of the molecule is CCCNC(Cc1cnccc1N)c1cncs1. The van der Waals surface area contributed by atoms with E-state index < -0.39 is 0 Å². The van der Waals surface area contributed by atoms with Gasteiger partial charge in [-0.25, -0.2) is 0 Å². The van der Waals surface area contributed by atoms with Crippen molar-refractivity contribution in [1.82, 2.24) is 15.3 Å². The van der Waals surface area contributed by atoms with Gasteiger partial charge in [-0.15, -0.1) is 11.3 Å². The number of nitrogens with zero attached hydrogens (tertiary/aromatic N) is 2. The molecule has 0 bridgehead atoms. The molecule has 2 aromatic heterocycles. The van der Waals surface area contributed by atoms with Crippen LogP contribution in [-0.4, -0.2) is 16.5 Å². The molecule has 0 aromatic carbocycles. The molecule has 0 spiro atoms. The first-order valence-electron chi connectivity index (χ1n) is 6.11. The van der Waals surface area contributed by atoms with Crippen LogP contribution in [0, 0.1) is 0 Å². The Labute approximate surface area is 111 Å². The molecule has 0 saturated heterocycles. The summed E-state index contributed by atoms with van der Waals surface area (Å²) in [5, 5.41) is 3.53. The van der Waals surface area contributed by atoms with Crippen LogP contribution in [-0.2, 0) is 6.42 Å². The normalized spacial score (nSPS) is 12.5. The molecule has 5 heteroatoms. The number of hydrogen-bond donors (Lipinski definition) is 2. The number of nitrogens with two attached hydrogens (primary N) is 1. The van der Waals surface area contributed by atoms with Gasteiger partial charge in [-0.1, -0.05) is 6.92 Å². The molecule has 96 valence electrons. The van der Waals surface area contributed by atoms with Gasteiger partial charge in [-0.05, 0) is 31.0 Å². The van der Waals surface area contributed by atoms with E-state index in [9.17, 15) is 0 Å². The Morgan fingerprint density at radius 3 is 2.94 bits per heavy atom. The standard InChI is InChI=1S/C13H18N4S/c1-2-4-17-12(13-8-16-9-18-13)6-10-7-15-5-3-11(10)14/h3,5,7-9,12,17H,2,4,6H2,1H3,(H2,14,15). The van der Waals surface area contributed by atoms with E-state index in [1.54, 1.807) is 17.5 Å². The van der Waals surface area contributed by atoms with Gasteiger partial charge in [0.2, 0.25) is 0 Å². The Kier molecular flexibility index (Phi) is 4.66. The van der Waals surface area contributed by atoms with Gasteiger partial charge in [0.25, 0.3) is 0 Å². The van der Waals surface area contributed by atoms with Crippen molar-refractivity contribution < 1.29 is 0 Å². The molecular formula is C13H18N4S. The summed E-state index contributed by atoms with van der Waals surface area (Å²) in [5.74, 6) is 0. The van der Waals surface area contributed by atoms with Crippen molar-refractivity contribution in [3.63, 3.8) is 0 Å². The molecule has 2 rings (SSSR count). The highest BCUT2D eigenvalue weighted by Crippen LogP contribution is 2.23. The molecule has 1 unspecified atom stereocenters. The lowest BCUT2D eigenvalue weighted by Crippen LogP contribution is -2.23. The van der Waals surface area contributed by atoms with Crippen LogP contribution in [0.25, 0.3) is 0 Å². The molecule has 4 nitrogen and oxygen atoms in total. The van der Waals surface area contributed by atoms with Crippen LogP contribution in [0.15, 0.2) is 30.2 Å². The summed E-state index contributed by atoms with van der Waals surface area (Å²) in [6, 6.07) is 2.11. The van der Waals surface area contributed by atoms with Gasteiger partial charge in [-0.2, -0.15) is 0 Å². The average Bonchev–Trinajstić information content (AvgIpc) is 2.90. The van der Waals surface area contributed by atoms with Gasteiger partial charge in [0.05, 0.1) is 5.51 Å². The van der Waals surface area contributed by atoms with Crippen LogP contribution in [0.5, 0.6) is 0 Å². The zero-order valence-electron chi connectivity index (χ0n) is 10.5. The van der Waals surface area contributed by atoms with Crippen molar-refractivity contribution in [2.45, 2.75) is 25.8 Å². The first kappa shape index (κ1) is 13.0. The summed E-state index contributed by atoms with van der Waals surface area (Å²) >= 11 is 1.67. The Bertz CT molecular complexity index is 470. The molecule has 0 amide bonds. The van der Waals surface area contributed by atoms with Gasteiger partial charge in [0.1, 0.15) is 0 Å². The van der Waals surface area contributed by atoms with E-state index in [2.05, 4.69) is 22.2 Å². The number of thiazole rings is 1. The number of anilines is 1. The van der Waals surface area contributed by atoms with Gasteiger partial charge in [0.15, 0.2) is 0 Å². The summed E-state index contributed by atoms with van der Waals surface area (Å²) in [5.41, 5.74) is 9.72. The monoisotopic (exact) mass is 262 g/mol. The second kappa shape index (κ2) is 6.47. The first-order chi connectivity index (χ1) is 8.81. The Morgan fingerprint density at radius 2 is 2.28 bits per heavy atom. The van der Waals surface area contributed by atoms with Gasteiger partial charge in [0, 0.05) is 35.2 Å². The third-order valence-corrected chi connectivity index (χ3v) is 3.69. The van der Waals surface area contributed by atoms with Crippen LogP contribution in [0.3, 0.4) is 0 Å². The van der Waals surface area contributed by atoms with Crippen LogP contribution in [0.1, 0.15) is 29.8 Å². The van der Waals surface area contributed by atoms with Gasteiger partial charge < -0.3 is 11.1 Å². The summed E-state index contributed by atoms with van der Waals surface area (Å²) in [7, 11) is 0. The lowest BCUT2D eigenvalue weighted by molar-refractivity contribution is 0.536. The number of nitrogen functional groups attached to an aromatic ring is 1. The smallest absolute Gasteiger partial charge is 0.0794 e. The molecule has 3 N–H and O–H groups in total. The summed E-state index contributed by atoms with van der Waals surface area (Å²) < 4.78 is 0. The number of hydrogen-bond acceptors (Lipinski definition) is 5. The summed E-state index contributed by atoms with van der Waals surface area (Å²) in [6.07, 6.45) is 7.45. The van der Waals surface area contributed by atoms with E-state index in [1.165, 1.54) is 4.88 Å². The zero-order valence-corrected chi connectivity index (χ0v) is 11.3. The Balaban J connectivity index is 2.13. The lowest BCUT2D eigenvalue weighted by Gasteiger charge is -2.17. The predicted molar refractivity (Wildman–Crippen MR) is 75.5 cm³/mol. The largest absolute Gasteiger partial charge is 0.398 e. The topological polar surface area (TPSA) is 63.8 Å². The predicted octanol–water partition coefficient (Wildman–Crippen LogP) is 2.40. The highest BCUT2D eigenvalue weighted by Gasteiger charge is 2.14. The minimum Gasteiger partial charge on any atom is -0.398 e. The molecule has 0 radical (unpaired) electrons. The van der Waals surface area contributed by atoms with Crippen molar-refractivity contribution in [2.75, 3.05) is 12.3 Å². The average molecular weight is 262 g/mol. The molecule has 1 atom stereocenters. The van der Waals surface area contributed by atoms with Crippen molar-refractivity contribution in [3.05, 3.63) is 40.6 Å². The minimum atomic E-state index is 0.268. The molecule has 0 aliphatic carbocycles. The summed E-state index contributed by atoms with van der Waals surface area (Å²) in [4.78, 5) is 9.53. The molecule has 2 aromatic rings. The van der Waals surface area contributed by atoms with E-state index >= 15 is 0 Å². The van der Waals surface area contributed by atoms with Crippen LogP contribution < -0.4 is 11.1 Å². The molecule has 2 heterocycles. The Hall–Kier alpha value is -1.46. The van der Waals surface area contributed by atoms with Crippen molar-refractivity contribution >= 4 is 17.0 Å². The summed E-state index contributed by atoms with van der Waals surface area (Å²) in [6.45, 7) is 3.15. The van der Waals surface area contributed by atoms with Crippen LogP contribution >= 0.6 is 11.3 Å². The second-order valence-electron chi connectivity index (χ2n) is 4.19. The number of rotatable bonds is 6. The maximum atomic E-state index is 5.97. The number of aromatic nitrogens is 2. The zero-order chi connectivity index (χ0) is 12.8. The lowest BCUT2D eigenvalue weighted by atomic mass is 10.1. The highest BCUT2D eigenvalue weighted by molar-refractivity contribution is 7.09. The fraction of sp³-hybridized carbons (Fsp3) is 0.385. The molecule has 18 heavy (non-hydrogen) atoms. The van der Waals surface area contributed by atoms with Crippen LogP contribution in [0.4, 0.5) is 5.69 Å². The van der Waals surface area contributed by atoms with Crippen molar-refractivity contribution in [2.24, 2.45) is 0 Å². The van der Waals surface area contributed by atoms with Crippen molar-refractivity contribution in [3.8, 4) is 0 Å². The maximum Gasteiger partial charge on any atom is 0.0794 e. The second-order valence-corrected chi connectivity index (χ2v) is 5.11. The van der Waals surface area contributed by atoms with E-state index in [0.29, 0.717) is 0 Å². The molecule has 0 saturated carbocycles. The fourth-order valence-corrected chi connectivity index (χ4v) is 2.51. The quantitative estimate of drug-likeness (QED) is 0.839. The molecule has 0 aliphatic heterocycles. The Morgan fingerprint density at radius 1 is 1.39 bits per heavy atom. The number of nitrogens with one attached hydrogen (secondary N) is 1. The van der Waals surface area contributed by atoms with E-state index in [-0.39, 0.29) is 6.04 Å². The highest BCUT2D eigenvalue weighted by atomic mass is 32.1. The van der Waals surface area contributed by atoms with E-state index in [1.807, 2.05) is 24.0 Å². The van der Waals surface area contributed by atoms with Gasteiger partial charge >= 0.3 is 0 Å². The third kappa shape index (κ3) is 3.27. The molecular weight excluding hydrogens is 244 g/mol. The third-order valence-electron chi connectivity index (χ3n) is 2.80. The van der Waals surface area contributed by atoms with Gasteiger partial charge in [-0.3, -0.25) is 9.97 Å². The van der Waals surface area contributed by atoms with E-state index in [4.69, 9.17) is 5.73 Å². The molecule has 0 fully saturated rings. The van der Waals surface area contributed by atoms with Crippen molar-refractivity contribution in [1.29, 1.82) is 0 Å². The van der Waals surface area contributed by atoms with E-state index in [0.717, 1.165) is 30.6 Å². The first-order valence-corrected chi connectivity index (χ1v) is 6.99. The maximum absolute atomic E-state index is 5.97. The van der Waals surface area contributed by atoms with Crippen LogP contribution in [0.2, 0.25) is 0 Å².